The molecule has 0 aliphatic carbocycles. The van der Waals surface area contributed by atoms with Crippen LogP contribution in [0.3, 0.4) is 0 Å². The van der Waals surface area contributed by atoms with Gasteiger partial charge in [0.15, 0.2) is 0 Å². The summed E-state index contributed by atoms with van der Waals surface area (Å²) in [4.78, 5) is 8.60. The number of rotatable bonds is 4. The van der Waals surface area contributed by atoms with E-state index in [1.165, 1.54) is 43.0 Å². The average Bonchev–Trinajstić information content (AvgIpc) is 3.40. The zero-order chi connectivity index (χ0) is 22.4. The Morgan fingerprint density at radius 2 is 1.48 bits per heavy atom. The number of thiophene rings is 1. The van der Waals surface area contributed by atoms with Crippen molar-refractivity contribution in [2.75, 3.05) is 7.05 Å². The van der Waals surface area contributed by atoms with Gasteiger partial charge < -0.3 is 4.57 Å². The van der Waals surface area contributed by atoms with Crippen LogP contribution in [0.2, 0.25) is 0 Å². The molecule has 0 amide bonds. The minimum Gasteiger partial charge on any atom is -0.309 e. The van der Waals surface area contributed by atoms with Gasteiger partial charge in [-0.2, -0.15) is 0 Å². The summed E-state index contributed by atoms with van der Waals surface area (Å²) >= 11 is 1.66. The van der Waals surface area contributed by atoms with Gasteiger partial charge in [-0.05, 0) is 48.2 Å². The molecular weight excluding hydrogens is 422 g/mol. The summed E-state index contributed by atoms with van der Waals surface area (Å²) < 4.78 is 3.55. The van der Waals surface area contributed by atoms with Crippen molar-refractivity contribution in [1.29, 1.82) is 0 Å². The summed E-state index contributed by atoms with van der Waals surface area (Å²) in [6.07, 6.45) is 1.91. The lowest BCUT2D eigenvalue weighted by Gasteiger charge is -2.09. The first-order chi connectivity index (χ1) is 16.3. The Morgan fingerprint density at radius 3 is 2.24 bits per heavy atom. The van der Waals surface area contributed by atoms with Gasteiger partial charge in [0.05, 0.1) is 11.0 Å². The molecule has 0 saturated carbocycles. The third-order valence-corrected chi connectivity index (χ3v) is 7.24. The molecular formula is C29H21N3S. The van der Waals surface area contributed by atoms with Crippen molar-refractivity contribution >= 4 is 61.2 Å². The van der Waals surface area contributed by atoms with Gasteiger partial charge in [-0.3, -0.25) is 9.98 Å². The quantitative estimate of drug-likeness (QED) is 0.247. The van der Waals surface area contributed by atoms with E-state index in [4.69, 9.17) is 0 Å². The number of benzene rings is 4. The molecule has 0 N–H and O–H groups in total. The van der Waals surface area contributed by atoms with E-state index < -0.39 is 0 Å². The van der Waals surface area contributed by atoms with Crippen LogP contribution in [0, 0.1) is 0 Å². The van der Waals surface area contributed by atoms with E-state index in [9.17, 15) is 0 Å². The predicted molar refractivity (Wildman–Crippen MR) is 144 cm³/mol. The van der Waals surface area contributed by atoms with Gasteiger partial charge >= 0.3 is 0 Å². The van der Waals surface area contributed by atoms with E-state index in [1.807, 2.05) is 12.3 Å². The number of aromatic nitrogens is 1. The maximum Gasteiger partial charge on any atom is 0.125 e. The molecule has 0 aliphatic rings. The third kappa shape index (κ3) is 3.03. The molecule has 0 atom stereocenters. The molecule has 3 nitrogen and oxygen atoms in total. The van der Waals surface area contributed by atoms with Crippen LogP contribution in [0.4, 0.5) is 5.00 Å². The highest BCUT2D eigenvalue weighted by atomic mass is 32.1. The Hall–Kier alpha value is -4.02. The summed E-state index contributed by atoms with van der Waals surface area (Å²) in [5.41, 5.74) is 6.98. The first kappa shape index (κ1) is 19.6. The SMILES string of the molecule is C=Nc1sc2ccc3c(c4ccccc4n3-c3ccc(-c4ccccc4)cc3)c2c1/C=N\C. The van der Waals surface area contributed by atoms with Gasteiger partial charge in [0.2, 0.25) is 0 Å². The zero-order valence-corrected chi connectivity index (χ0v) is 19.0. The Bertz CT molecular complexity index is 1670. The predicted octanol–water partition coefficient (Wildman–Crippen LogP) is 8.05. The van der Waals surface area contributed by atoms with E-state index in [2.05, 4.69) is 106 Å². The van der Waals surface area contributed by atoms with Crippen molar-refractivity contribution in [1.82, 2.24) is 4.57 Å². The summed E-state index contributed by atoms with van der Waals surface area (Å²) in [6.45, 7) is 3.79. The maximum atomic E-state index is 4.31. The van der Waals surface area contributed by atoms with Crippen molar-refractivity contribution < 1.29 is 0 Å². The van der Waals surface area contributed by atoms with E-state index in [0.717, 1.165) is 16.3 Å². The minimum absolute atomic E-state index is 0.909. The minimum atomic E-state index is 0.909. The number of nitrogens with zero attached hydrogens (tertiary/aromatic N) is 3. The third-order valence-electron chi connectivity index (χ3n) is 6.14. The van der Waals surface area contributed by atoms with Crippen LogP contribution in [0.5, 0.6) is 0 Å². The van der Waals surface area contributed by atoms with Gasteiger partial charge in [-0.15, -0.1) is 11.3 Å². The Balaban J connectivity index is 1.67. The highest BCUT2D eigenvalue weighted by molar-refractivity contribution is 7.23. The molecule has 0 fully saturated rings. The maximum absolute atomic E-state index is 4.31. The molecule has 0 saturated heterocycles. The molecule has 33 heavy (non-hydrogen) atoms. The van der Waals surface area contributed by atoms with Crippen LogP contribution in [0.1, 0.15) is 5.56 Å². The van der Waals surface area contributed by atoms with Crippen LogP contribution < -0.4 is 0 Å². The van der Waals surface area contributed by atoms with Gasteiger partial charge in [0.1, 0.15) is 5.00 Å². The highest BCUT2D eigenvalue weighted by Crippen LogP contribution is 2.44. The fourth-order valence-electron chi connectivity index (χ4n) is 4.74. The highest BCUT2D eigenvalue weighted by Gasteiger charge is 2.19. The van der Waals surface area contributed by atoms with Crippen molar-refractivity contribution in [3.63, 3.8) is 0 Å². The monoisotopic (exact) mass is 443 g/mol. The van der Waals surface area contributed by atoms with Crippen molar-refractivity contribution in [3.05, 3.63) is 96.6 Å². The summed E-state index contributed by atoms with van der Waals surface area (Å²) in [5.74, 6) is 0. The summed E-state index contributed by atoms with van der Waals surface area (Å²) in [6, 6.07) is 32.3. The Kier molecular flexibility index (Phi) is 4.67. The molecule has 4 aromatic carbocycles. The lowest BCUT2D eigenvalue weighted by Crippen LogP contribution is -1.93. The smallest absolute Gasteiger partial charge is 0.125 e. The lowest BCUT2D eigenvalue weighted by atomic mass is 10.1. The molecule has 0 radical (unpaired) electrons. The molecule has 2 aromatic heterocycles. The van der Waals surface area contributed by atoms with Gasteiger partial charge in [-0.25, -0.2) is 0 Å². The van der Waals surface area contributed by atoms with E-state index in [-0.39, 0.29) is 0 Å². The number of aliphatic imine (C=N–C) groups is 2. The van der Waals surface area contributed by atoms with Crippen LogP contribution in [-0.4, -0.2) is 24.5 Å². The zero-order valence-electron chi connectivity index (χ0n) is 18.2. The molecule has 6 aromatic rings. The second-order valence-electron chi connectivity index (χ2n) is 7.96. The molecule has 4 heteroatoms. The molecule has 6 rings (SSSR count). The topological polar surface area (TPSA) is 29.6 Å². The molecule has 0 spiro atoms. The van der Waals surface area contributed by atoms with Crippen molar-refractivity contribution in [2.24, 2.45) is 9.98 Å². The first-order valence-electron chi connectivity index (χ1n) is 10.8. The first-order valence-corrected chi connectivity index (χ1v) is 11.6. The average molecular weight is 444 g/mol. The van der Waals surface area contributed by atoms with Crippen molar-refractivity contribution in [2.45, 2.75) is 0 Å². The summed E-state index contributed by atoms with van der Waals surface area (Å²) in [7, 11) is 1.80. The molecule has 0 aliphatic heterocycles. The summed E-state index contributed by atoms with van der Waals surface area (Å²) in [5, 5.41) is 4.56. The van der Waals surface area contributed by atoms with Crippen molar-refractivity contribution in [3.8, 4) is 16.8 Å². The van der Waals surface area contributed by atoms with Gasteiger partial charge in [0.25, 0.3) is 0 Å². The van der Waals surface area contributed by atoms with E-state index in [0.29, 0.717) is 0 Å². The number of hydrogen-bond donors (Lipinski definition) is 0. The molecule has 2 heterocycles. The Morgan fingerprint density at radius 1 is 0.758 bits per heavy atom. The standard InChI is InChI=1S/C29H21N3S/c1-30-18-23-28-26(33-29(23)31-2)17-16-25-27(28)22-10-6-7-11-24(22)32(25)21-14-12-20(13-15-21)19-8-4-3-5-9-19/h3-18H,2H2,1H3/b30-18-. The molecule has 0 bridgehead atoms. The second-order valence-corrected chi connectivity index (χ2v) is 9.00. The lowest BCUT2D eigenvalue weighted by molar-refractivity contribution is 1.18. The van der Waals surface area contributed by atoms with Crippen LogP contribution >= 0.6 is 11.3 Å². The fourth-order valence-corrected chi connectivity index (χ4v) is 5.73. The Labute approximate surface area is 196 Å². The normalized spacial score (nSPS) is 11.8. The van der Waals surface area contributed by atoms with Gasteiger partial charge in [-0.1, -0.05) is 60.7 Å². The number of fused-ring (bicyclic) bond motifs is 5. The van der Waals surface area contributed by atoms with Crippen LogP contribution in [0.15, 0.2) is 101 Å². The fraction of sp³-hybridized carbons (Fsp3) is 0.0345. The van der Waals surface area contributed by atoms with E-state index in [1.54, 1.807) is 18.4 Å². The largest absolute Gasteiger partial charge is 0.309 e. The number of hydrogen-bond acceptors (Lipinski definition) is 3. The van der Waals surface area contributed by atoms with Crippen LogP contribution in [0.25, 0.3) is 48.7 Å². The van der Waals surface area contributed by atoms with Crippen LogP contribution in [-0.2, 0) is 0 Å². The second kappa shape index (κ2) is 7.84. The number of para-hydroxylation sites is 1. The molecule has 158 valence electrons. The molecule has 0 unspecified atom stereocenters. The van der Waals surface area contributed by atoms with Gasteiger partial charge in [0, 0.05) is 45.4 Å². The van der Waals surface area contributed by atoms with E-state index >= 15 is 0 Å².